The molecule has 0 aliphatic rings. The molecular weight excluding hydrogens is 446 g/mol. The van der Waals surface area contributed by atoms with E-state index in [9.17, 15) is 5.26 Å². The first-order chi connectivity index (χ1) is 17.5. The number of benzene rings is 1. The van der Waals surface area contributed by atoms with Gasteiger partial charge in [0.1, 0.15) is 6.07 Å². The van der Waals surface area contributed by atoms with E-state index in [1.807, 2.05) is 49.7 Å². The summed E-state index contributed by atoms with van der Waals surface area (Å²) in [5.74, 6) is 0. The summed E-state index contributed by atoms with van der Waals surface area (Å²) < 4.78 is 0. The number of anilines is 2. The van der Waals surface area contributed by atoms with E-state index in [1.54, 1.807) is 6.20 Å². The van der Waals surface area contributed by atoms with Gasteiger partial charge in [0.15, 0.2) is 0 Å². The van der Waals surface area contributed by atoms with E-state index >= 15 is 0 Å². The minimum Gasteiger partial charge on any atom is -0.361 e. The lowest BCUT2D eigenvalue weighted by Crippen LogP contribution is -2.21. The van der Waals surface area contributed by atoms with Gasteiger partial charge in [-0.25, -0.2) is 0 Å². The second kappa shape index (κ2) is 11.6. The lowest BCUT2D eigenvalue weighted by molar-refractivity contribution is 0.394. The van der Waals surface area contributed by atoms with Crippen LogP contribution in [0.25, 0.3) is 23.1 Å². The standard InChI is InChI=1S/C29H33N7/c1-20-25-12-14-32-28(25)11-10-27(20)35-29-23(16-30)19-33-21(2)26(29)9-8-24-7-6-22(18-34-24)17-31-13-5-15-36(3)4/h6-12,14,18-19,31-32H,5,13,15,17H2,1-4H3,(H,33,35)/b9-8+. The number of hydrogen-bond donors (Lipinski definition) is 3. The van der Waals surface area contributed by atoms with Gasteiger partial charge in [0.2, 0.25) is 0 Å². The van der Waals surface area contributed by atoms with Crippen LogP contribution in [0.4, 0.5) is 11.4 Å². The first-order valence-corrected chi connectivity index (χ1v) is 12.2. The minimum absolute atomic E-state index is 0.498. The number of hydrogen-bond acceptors (Lipinski definition) is 6. The highest BCUT2D eigenvalue weighted by molar-refractivity contribution is 5.90. The topological polar surface area (TPSA) is 92.7 Å². The number of aryl methyl sites for hydroxylation is 2. The summed E-state index contributed by atoms with van der Waals surface area (Å²) in [6, 6.07) is 12.5. The Morgan fingerprint density at radius 1 is 1.06 bits per heavy atom. The maximum Gasteiger partial charge on any atom is 0.103 e. The third kappa shape index (κ3) is 5.98. The fourth-order valence-electron chi connectivity index (χ4n) is 4.16. The van der Waals surface area contributed by atoms with Crippen LogP contribution in [0.1, 0.15) is 40.1 Å². The summed E-state index contributed by atoms with van der Waals surface area (Å²) in [7, 11) is 4.18. The van der Waals surface area contributed by atoms with E-state index in [0.717, 1.165) is 76.4 Å². The molecule has 4 rings (SSSR count). The molecule has 7 nitrogen and oxygen atoms in total. The number of H-pyrrole nitrogens is 1. The molecule has 3 aromatic heterocycles. The monoisotopic (exact) mass is 479 g/mol. The van der Waals surface area contributed by atoms with Crippen LogP contribution in [-0.4, -0.2) is 47.0 Å². The third-order valence-corrected chi connectivity index (χ3v) is 6.26. The molecule has 1 aromatic carbocycles. The Morgan fingerprint density at radius 3 is 2.67 bits per heavy atom. The first-order valence-electron chi connectivity index (χ1n) is 12.2. The maximum absolute atomic E-state index is 9.79. The summed E-state index contributed by atoms with van der Waals surface area (Å²) in [5.41, 5.74) is 8.12. The van der Waals surface area contributed by atoms with Crippen LogP contribution >= 0.6 is 0 Å². The lowest BCUT2D eigenvalue weighted by Gasteiger charge is -2.15. The van der Waals surface area contributed by atoms with Crippen molar-refractivity contribution in [1.29, 1.82) is 5.26 Å². The van der Waals surface area contributed by atoms with Crippen molar-refractivity contribution in [2.24, 2.45) is 0 Å². The van der Waals surface area contributed by atoms with Crippen LogP contribution in [0.15, 0.2) is 48.9 Å². The van der Waals surface area contributed by atoms with Crippen LogP contribution in [0, 0.1) is 25.2 Å². The normalized spacial score (nSPS) is 11.4. The summed E-state index contributed by atoms with van der Waals surface area (Å²) in [6.45, 7) is 6.89. The minimum atomic E-state index is 0.498. The lowest BCUT2D eigenvalue weighted by atomic mass is 10.0. The molecule has 36 heavy (non-hydrogen) atoms. The molecule has 3 heterocycles. The molecule has 0 saturated carbocycles. The molecule has 0 amide bonds. The number of rotatable bonds is 10. The van der Waals surface area contributed by atoms with E-state index in [2.05, 4.69) is 69.7 Å². The van der Waals surface area contributed by atoms with E-state index < -0.39 is 0 Å². The van der Waals surface area contributed by atoms with Crippen LogP contribution < -0.4 is 10.6 Å². The van der Waals surface area contributed by atoms with Gasteiger partial charge < -0.3 is 20.5 Å². The highest BCUT2D eigenvalue weighted by Gasteiger charge is 2.13. The largest absolute Gasteiger partial charge is 0.361 e. The number of aromatic amines is 1. The molecule has 0 fully saturated rings. The van der Waals surface area contributed by atoms with Gasteiger partial charge in [-0.2, -0.15) is 5.26 Å². The third-order valence-electron chi connectivity index (χ3n) is 6.26. The molecule has 0 aliphatic carbocycles. The molecule has 3 N–H and O–H groups in total. The second-order valence-corrected chi connectivity index (χ2v) is 9.22. The van der Waals surface area contributed by atoms with Crippen molar-refractivity contribution in [3.8, 4) is 6.07 Å². The summed E-state index contributed by atoms with van der Waals surface area (Å²) in [6.07, 6.45) is 10.5. The molecule has 0 spiro atoms. The number of nitriles is 1. The van der Waals surface area contributed by atoms with Gasteiger partial charge in [-0.3, -0.25) is 9.97 Å². The molecule has 0 saturated heterocycles. The van der Waals surface area contributed by atoms with E-state index in [1.165, 1.54) is 0 Å². The van der Waals surface area contributed by atoms with Crippen molar-refractivity contribution in [2.75, 3.05) is 32.5 Å². The highest BCUT2D eigenvalue weighted by atomic mass is 15.1. The molecule has 0 bridgehead atoms. The van der Waals surface area contributed by atoms with Crippen molar-refractivity contribution in [3.63, 3.8) is 0 Å². The molecule has 7 heteroatoms. The van der Waals surface area contributed by atoms with Crippen molar-refractivity contribution in [2.45, 2.75) is 26.8 Å². The Bertz CT molecular complexity index is 1390. The number of nitrogens with zero attached hydrogens (tertiary/aromatic N) is 4. The predicted octanol–water partition coefficient (Wildman–Crippen LogP) is 5.40. The maximum atomic E-state index is 9.79. The van der Waals surface area contributed by atoms with Crippen molar-refractivity contribution in [1.82, 2.24) is 25.2 Å². The number of fused-ring (bicyclic) bond motifs is 1. The molecule has 0 atom stereocenters. The molecule has 4 aromatic rings. The fourth-order valence-corrected chi connectivity index (χ4v) is 4.16. The summed E-state index contributed by atoms with van der Waals surface area (Å²) >= 11 is 0. The molecule has 184 valence electrons. The van der Waals surface area contributed by atoms with Crippen LogP contribution in [0.5, 0.6) is 0 Å². The van der Waals surface area contributed by atoms with Gasteiger partial charge in [-0.1, -0.05) is 6.07 Å². The Hall–Kier alpha value is -3.99. The molecule has 0 aliphatic heterocycles. The van der Waals surface area contributed by atoms with Gasteiger partial charge in [-0.05, 0) is 95.0 Å². The molecule has 0 radical (unpaired) electrons. The molecular formula is C29H33N7. The highest BCUT2D eigenvalue weighted by Crippen LogP contribution is 2.32. The molecule has 0 unspecified atom stereocenters. The zero-order valence-electron chi connectivity index (χ0n) is 21.4. The number of nitrogens with one attached hydrogen (secondary N) is 3. The fraction of sp³-hybridized carbons (Fsp3) is 0.276. The summed E-state index contributed by atoms with van der Waals surface area (Å²) in [5, 5.41) is 17.9. The van der Waals surface area contributed by atoms with Crippen LogP contribution in [-0.2, 0) is 6.54 Å². The van der Waals surface area contributed by atoms with E-state index in [4.69, 9.17) is 0 Å². The Balaban J connectivity index is 1.52. The number of aromatic nitrogens is 3. The van der Waals surface area contributed by atoms with Crippen molar-refractivity contribution in [3.05, 3.63) is 82.6 Å². The summed E-state index contributed by atoms with van der Waals surface area (Å²) in [4.78, 5) is 14.5. The Kier molecular flexibility index (Phi) is 8.11. The van der Waals surface area contributed by atoms with Crippen molar-refractivity contribution >= 4 is 34.4 Å². The average Bonchev–Trinajstić information content (AvgIpc) is 3.36. The second-order valence-electron chi connectivity index (χ2n) is 9.22. The van der Waals surface area contributed by atoms with Crippen molar-refractivity contribution < 1.29 is 0 Å². The predicted molar refractivity (Wildman–Crippen MR) is 148 cm³/mol. The Morgan fingerprint density at radius 2 is 1.92 bits per heavy atom. The smallest absolute Gasteiger partial charge is 0.103 e. The van der Waals surface area contributed by atoms with Gasteiger partial charge >= 0.3 is 0 Å². The van der Waals surface area contributed by atoms with Crippen LogP contribution in [0.3, 0.4) is 0 Å². The Labute approximate surface area is 212 Å². The number of pyridine rings is 2. The van der Waals surface area contributed by atoms with Gasteiger partial charge in [0, 0.05) is 53.0 Å². The zero-order valence-corrected chi connectivity index (χ0v) is 21.4. The zero-order chi connectivity index (χ0) is 25.5. The van der Waals surface area contributed by atoms with Crippen LogP contribution in [0.2, 0.25) is 0 Å². The van der Waals surface area contributed by atoms with Gasteiger partial charge in [-0.15, -0.1) is 0 Å². The first kappa shape index (κ1) is 25.1. The van der Waals surface area contributed by atoms with E-state index in [0.29, 0.717) is 5.56 Å². The average molecular weight is 480 g/mol. The SMILES string of the molecule is Cc1ncc(C#N)c(Nc2ccc3[nH]ccc3c2C)c1/C=C/c1ccc(CNCCCN(C)C)cn1. The quantitative estimate of drug-likeness (QED) is 0.264. The van der Waals surface area contributed by atoms with E-state index in [-0.39, 0.29) is 0 Å². The van der Waals surface area contributed by atoms with Gasteiger partial charge in [0.25, 0.3) is 0 Å². The van der Waals surface area contributed by atoms with Gasteiger partial charge in [0.05, 0.1) is 16.9 Å².